The van der Waals surface area contributed by atoms with Gasteiger partial charge >= 0.3 is 0 Å². The van der Waals surface area contributed by atoms with Crippen LogP contribution in [0.15, 0.2) is 24.3 Å². The Bertz CT molecular complexity index is 678. The molecule has 2 N–H and O–H groups in total. The van der Waals surface area contributed by atoms with Crippen LogP contribution in [0.4, 0.5) is 5.82 Å². The monoisotopic (exact) mass is 249 g/mol. The molecular formula is C16H15N3. The summed E-state index contributed by atoms with van der Waals surface area (Å²) in [6.45, 7) is 2.06. The van der Waals surface area contributed by atoms with Crippen molar-refractivity contribution in [3.8, 4) is 17.2 Å². The minimum atomic E-state index is 0.360. The third-order valence-corrected chi connectivity index (χ3v) is 3.70. The highest BCUT2D eigenvalue weighted by molar-refractivity contribution is 5.79. The Morgan fingerprint density at radius 3 is 2.63 bits per heavy atom. The zero-order chi connectivity index (χ0) is 13.4. The molecule has 3 nitrogen and oxygen atoms in total. The first-order valence-corrected chi connectivity index (χ1v) is 6.49. The SMILES string of the molecule is Cc1ccc(-c2c(C#N)c(N)nc3c2CCC3)cc1. The molecule has 3 heteroatoms. The number of pyridine rings is 1. The van der Waals surface area contributed by atoms with Gasteiger partial charge in [-0.2, -0.15) is 5.26 Å². The van der Waals surface area contributed by atoms with Crippen LogP contribution < -0.4 is 5.73 Å². The van der Waals surface area contributed by atoms with Gasteiger partial charge in [0.1, 0.15) is 17.5 Å². The van der Waals surface area contributed by atoms with Gasteiger partial charge in [-0.25, -0.2) is 4.98 Å². The predicted octanol–water partition coefficient (Wildman–Crippen LogP) is 3.00. The zero-order valence-corrected chi connectivity index (χ0v) is 10.9. The van der Waals surface area contributed by atoms with Gasteiger partial charge < -0.3 is 5.73 Å². The second kappa shape index (κ2) is 4.40. The molecule has 94 valence electrons. The van der Waals surface area contributed by atoms with E-state index in [4.69, 9.17) is 5.73 Å². The van der Waals surface area contributed by atoms with Crippen molar-refractivity contribution >= 4 is 5.82 Å². The van der Waals surface area contributed by atoms with E-state index in [-0.39, 0.29) is 0 Å². The summed E-state index contributed by atoms with van der Waals surface area (Å²) in [6, 6.07) is 10.5. The number of nitriles is 1. The number of nitrogens with two attached hydrogens (primary N) is 1. The van der Waals surface area contributed by atoms with Crippen molar-refractivity contribution in [3.05, 3.63) is 46.6 Å². The molecule has 3 rings (SSSR count). The van der Waals surface area contributed by atoms with Crippen LogP contribution in [0.2, 0.25) is 0 Å². The van der Waals surface area contributed by atoms with E-state index >= 15 is 0 Å². The average Bonchev–Trinajstić information content (AvgIpc) is 2.86. The Labute approximate surface area is 112 Å². The molecule has 0 aliphatic heterocycles. The molecule has 0 bridgehead atoms. The first-order valence-electron chi connectivity index (χ1n) is 6.49. The molecule has 1 aromatic heterocycles. The molecule has 0 saturated heterocycles. The maximum absolute atomic E-state index is 9.38. The summed E-state index contributed by atoms with van der Waals surface area (Å²) < 4.78 is 0. The molecule has 0 atom stereocenters. The van der Waals surface area contributed by atoms with Crippen molar-refractivity contribution in [2.75, 3.05) is 5.73 Å². The Balaban J connectivity index is 2.30. The lowest BCUT2D eigenvalue weighted by molar-refractivity contribution is 0.900. The molecule has 2 aromatic rings. The number of aromatic nitrogens is 1. The Kier molecular flexibility index (Phi) is 2.72. The van der Waals surface area contributed by atoms with Gasteiger partial charge in [-0.3, -0.25) is 0 Å². The first-order chi connectivity index (χ1) is 9.20. The van der Waals surface area contributed by atoms with Crippen LogP contribution in [0.5, 0.6) is 0 Å². The number of aryl methyl sites for hydroxylation is 2. The van der Waals surface area contributed by atoms with Gasteiger partial charge in [0.05, 0.1) is 0 Å². The second-order valence-electron chi connectivity index (χ2n) is 5.00. The van der Waals surface area contributed by atoms with Gasteiger partial charge in [-0.15, -0.1) is 0 Å². The topological polar surface area (TPSA) is 62.7 Å². The van der Waals surface area contributed by atoms with E-state index in [1.807, 2.05) is 0 Å². The summed E-state index contributed by atoms with van der Waals surface area (Å²) in [6.07, 6.45) is 3.04. The number of anilines is 1. The van der Waals surface area contributed by atoms with Crippen molar-refractivity contribution in [3.63, 3.8) is 0 Å². The van der Waals surface area contributed by atoms with Gasteiger partial charge in [0.25, 0.3) is 0 Å². The maximum Gasteiger partial charge on any atom is 0.142 e. The molecular weight excluding hydrogens is 234 g/mol. The number of hydrogen-bond donors (Lipinski definition) is 1. The van der Waals surface area contributed by atoms with Gasteiger partial charge in [0.15, 0.2) is 0 Å². The molecule has 1 aliphatic carbocycles. The van der Waals surface area contributed by atoms with Gasteiger partial charge in [0, 0.05) is 11.3 Å². The number of benzene rings is 1. The highest BCUT2D eigenvalue weighted by Crippen LogP contribution is 2.36. The van der Waals surface area contributed by atoms with Crippen molar-refractivity contribution in [1.29, 1.82) is 5.26 Å². The van der Waals surface area contributed by atoms with Gasteiger partial charge in [-0.1, -0.05) is 29.8 Å². The highest BCUT2D eigenvalue weighted by atomic mass is 14.9. The molecule has 1 heterocycles. The van der Waals surface area contributed by atoms with Gasteiger partial charge in [0.2, 0.25) is 0 Å². The largest absolute Gasteiger partial charge is 0.383 e. The number of nitrogens with zero attached hydrogens (tertiary/aromatic N) is 2. The molecule has 0 fully saturated rings. The lowest BCUT2D eigenvalue weighted by Crippen LogP contribution is -2.03. The maximum atomic E-state index is 9.38. The minimum absolute atomic E-state index is 0.360. The van der Waals surface area contributed by atoms with E-state index in [1.165, 1.54) is 11.1 Å². The summed E-state index contributed by atoms with van der Waals surface area (Å²) >= 11 is 0. The smallest absolute Gasteiger partial charge is 0.142 e. The van der Waals surface area contributed by atoms with Crippen LogP contribution in [0.25, 0.3) is 11.1 Å². The molecule has 0 spiro atoms. The average molecular weight is 249 g/mol. The van der Waals surface area contributed by atoms with Crippen LogP contribution in [0, 0.1) is 18.3 Å². The molecule has 19 heavy (non-hydrogen) atoms. The Morgan fingerprint density at radius 1 is 1.21 bits per heavy atom. The fraction of sp³-hybridized carbons (Fsp3) is 0.250. The summed E-state index contributed by atoms with van der Waals surface area (Å²) in [4.78, 5) is 4.38. The molecule has 0 unspecified atom stereocenters. The number of fused-ring (bicyclic) bond motifs is 1. The molecule has 0 radical (unpaired) electrons. The third kappa shape index (κ3) is 1.86. The van der Waals surface area contributed by atoms with Crippen molar-refractivity contribution < 1.29 is 0 Å². The summed E-state index contributed by atoms with van der Waals surface area (Å²) in [5, 5.41) is 9.38. The van der Waals surface area contributed by atoms with Crippen LogP contribution in [0.3, 0.4) is 0 Å². The molecule has 0 saturated carbocycles. The van der Waals surface area contributed by atoms with E-state index in [0.29, 0.717) is 11.4 Å². The lowest BCUT2D eigenvalue weighted by atomic mass is 9.94. The highest BCUT2D eigenvalue weighted by Gasteiger charge is 2.22. The first kappa shape index (κ1) is 11.7. The predicted molar refractivity (Wildman–Crippen MR) is 75.6 cm³/mol. The lowest BCUT2D eigenvalue weighted by Gasteiger charge is -2.12. The molecule has 1 aromatic carbocycles. The normalized spacial score (nSPS) is 13.1. The number of hydrogen-bond acceptors (Lipinski definition) is 3. The summed E-state index contributed by atoms with van der Waals surface area (Å²) in [5.74, 6) is 0.360. The quantitative estimate of drug-likeness (QED) is 0.845. The van der Waals surface area contributed by atoms with Crippen LogP contribution in [-0.2, 0) is 12.8 Å². The zero-order valence-electron chi connectivity index (χ0n) is 10.9. The van der Waals surface area contributed by atoms with E-state index in [0.717, 1.165) is 36.1 Å². The van der Waals surface area contributed by atoms with E-state index in [1.54, 1.807) is 0 Å². The van der Waals surface area contributed by atoms with E-state index in [2.05, 4.69) is 42.2 Å². The van der Waals surface area contributed by atoms with Crippen LogP contribution in [-0.4, -0.2) is 4.98 Å². The molecule has 1 aliphatic rings. The fourth-order valence-corrected chi connectivity index (χ4v) is 2.75. The van der Waals surface area contributed by atoms with E-state index < -0.39 is 0 Å². The number of nitrogen functional groups attached to an aromatic ring is 1. The summed E-state index contributed by atoms with van der Waals surface area (Å²) in [7, 11) is 0. The minimum Gasteiger partial charge on any atom is -0.383 e. The number of rotatable bonds is 1. The Hall–Kier alpha value is -2.34. The van der Waals surface area contributed by atoms with Crippen LogP contribution in [0.1, 0.15) is 28.8 Å². The van der Waals surface area contributed by atoms with E-state index in [9.17, 15) is 5.26 Å². The second-order valence-corrected chi connectivity index (χ2v) is 5.00. The van der Waals surface area contributed by atoms with Crippen molar-refractivity contribution in [2.45, 2.75) is 26.2 Å². The fourth-order valence-electron chi connectivity index (χ4n) is 2.75. The van der Waals surface area contributed by atoms with Crippen LogP contribution >= 0.6 is 0 Å². The molecule has 0 amide bonds. The van der Waals surface area contributed by atoms with Gasteiger partial charge in [-0.05, 0) is 37.3 Å². The summed E-state index contributed by atoms with van der Waals surface area (Å²) in [5.41, 5.74) is 12.0. The van der Waals surface area contributed by atoms with Crippen molar-refractivity contribution in [1.82, 2.24) is 4.98 Å². The standard InChI is InChI=1S/C16H15N3/c1-10-5-7-11(8-6-10)15-12-3-2-4-14(12)19-16(18)13(15)9-17/h5-8H,2-4H2,1H3,(H2,18,19). The third-order valence-electron chi connectivity index (χ3n) is 3.70. The Morgan fingerprint density at radius 2 is 1.95 bits per heavy atom. The van der Waals surface area contributed by atoms with Crippen molar-refractivity contribution in [2.24, 2.45) is 0 Å².